The van der Waals surface area contributed by atoms with Crippen LogP contribution in [0, 0.1) is 0 Å². The molecule has 0 bridgehead atoms. The van der Waals surface area contributed by atoms with Crippen molar-refractivity contribution >= 4 is 11.8 Å². The second-order valence-electron chi connectivity index (χ2n) is 6.90. The number of benzene rings is 1. The second-order valence-corrected chi connectivity index (χ2v) is 6.90. The molecule has 144 valence electrons. The summed E-state index contributed by atoms with van der Waals surface area (Å²) in [6.07, 6.45) is -0.165. The van der Waals surface area contributed by atoms with Crippen LogP contribution in [-0.4, -0.2) is 67.6 Å². The molecule has 1 aliphatic rings. The highest BCUT2D eigenvalue weighted by atomic mass is 16.5. The van der Waals surface area contributed by atoms with Crippen LogP contribution >= 0.6 is 0 Å². The molecule has 1 saturated heterocycles. The molecule has 0 spiro atoms. The lowest BCUT2D eigenvalue weighted by Crippen LogP contribution is -2.53. The maximum Gasteiger partial charge on any atom is 0.263 e. The van der Waals surface area contributed by atoms with Crippen molar-refractivity contribution in [3.05, 3.63) is 29.8 Å². The Morgan fingerprint density at radius 3 is 2.27 bits per heavy atom. The van der Waals surface area contributed by atoms with Gasteiger partial charge in [-0.2, -0.15) is 0 Å². The van der Waals surface area contributed by atoms with E-state index in [0.29, 0.717) is 45.1 Å². The fraction of sp³-hybridized carbons (Fsp3) is 0.600. The zero-order valence-electron chi connectivity index (χ0n) is 16.2. The Morgan fingerprint density at radius 1 is 1.04 bits per heavy atom. The van der Waals surface area contributed by atoms with E-state index in [1.54, 1.807) is 23.8 Å². The normalized spacial score (nSPS) is 15.9. The summed E-state index contributed by atoms with van der Waals surface area (Å²) in [6.45, 7) is 8.62. The Hall–Kier alpha value is -2.08. The number of carbonyl (C=O) groups is 2. The summed E-state index contributed by atoms with van der Waals surface area (Å²) in [5.41, 5.74) is 1.10. The van der Waals surface area contributed by atoms with Gasteiger partial charge in [0, 0.05) is 33.3 Å². The first-order valence-electron chi connectivity index (χ1n) is 9.25. The third-order valence-corrected chi connectivity index (χ3v) is 4.66. The SMILES string of the molecule is COCCC(=O)N1CCN(C(=O)C(C)Oc2ccccc2C(C)C)CC1. The van der Waals surface area contributed by atoms with Crippen LogP contribution in [0.4, 0.5) is 0 Å². The number of para-hydroxylation sites is 1. The zero-order valence-corrected chi connectivity index (χ0v) is 16.2. The van der Waals surface area contributed by atoms with Gasteiger partial charge in [0.15, 0.2) is 6.10 Å². The summed E-state index contributed by atoms with van der Waals surface area (Å²) < 4.78 is 10.9. The standard InChI is InChI=1S/C20H30N2O4/c1-15(2)17-7-5-6-8-18(17)26-16(3)20(24)22-12-10-21(11-13-22)19(23)9-14-25-4/h5-8,15-16H,9-14H2,1-4H3. The van der Waals surface area contributed by atoms with E-state index >= 15 is 0 Å². The molecule has 0 N–H and O–H groups in total. The molecule has 1 aromatic rings. The van der Waals surface area contributed by atoms with Gasteiger partial charge in [-0.05, 0) is 24.5 Å². The highest BCUT2D eigenvalue weighted by Gasteiger charge is 2.28. The molecule has 0 aromatic heterocycles. The van der Waals surface area contributed by atoms with Crippen molar-refractivity contribution in [3.8, 4) is 5.75 Å². The van der Waals surface area contributed by atoms with Gasteiger partial charge in [-0.3, -0.25) is 9.59 Å². The van der Waals surface area contributed by atoms with E-state index < -0.39 is 6.10 Å². The first kappa shape index (κ1) is 20.2. The Bertz CT molecular complexity index is 610. The van der Waals surface area contributed by atoms with Crippen molar-refractivity contribution in [2.75, 3.05) is 39.9 Å². The lowest BCUT2D eigenvalue weighted by Gasteiger charge is -2.36. The summed E-state index contributed by atoms with van der Waals surface area (Å²) in [6, 6.07) is 7.84. The van der Waals surface area contributed by atoms with E-state index in [1.165, 1.54) is 0 Å². The number of nitrogens with zero attached hydrogens (tertiary/aromatic N) is 2. The largest absolute Gasteiger partial charge is 0.481 e. The molecular weight excluding hydrogens is 332 g/mol. The summed E-state index contributed by atoms with van der Waals surface area (Å²) in [4.78, 5) is 28.3. The molecule has 1 aliphatic heterocycles. The van der Waals surface area contributed by atoms with Crippen LogP contribution in [0.1, 0.15) is 38.7 Å². The van der Waals surface area contributed by atoms with Crippen LogP contribution in [0.25, 0.3) is 0 Å². The molecule has 6 nitrogen and oxygen atoms in total. The number of amides is 2. The number of carbonyl (C=O) groups excluding carboxylic acids is 2. The summed E-state index contributed by atoms with van der Waals surface area (Å²) in [7, 11) is 1.59. The number of rotatable bonds is 7. The highest BCUT2D eigenvalue weighted by Crippen LogP contribution is 2.27. The van der Waals surface area contributed by atoms with Gasteiger partial charge in [0.1, 0.15) is 5.75 Å². The first-order valence-corrected chi connectivity index (χ1v) is 9.25. The Kier molecular flexibility index (Phi) is 7.45. The predicted octanol–water partition coefficient (Wildman–Crippen LogP) is 2.28. The maximum atomic E-state index is 12.7. The highest BCUT2D eigenvalue weighted by molar-refractivity contribution is 5.81. The van der Waals surface area contributed by atoms with E-state index in [2.05, 4.69) is 13.8 Å². The molecular formula is C20H30N2O4. The molecule has 1 aromatic carbocycles. The molecule has 1 unspecified atom stereocenters. The van der Waals surface area contributed by atoms with Crippen LogP contribution in [0.5, 0.6) is 5.75 Å². The van der Waals surface area contributed by atoms with Crippen molar-refractivity contribution in [1.29, 1.82) is 0 Å². The van der Waals surface area contributed by atoms with Gasteiger partial charge >= 0.3 is 0 Å². The maximum absolute atomic E-state index is 12.7. The number of methoxy groups -OCH3 is 1. The van der Waals surface area contributed by atoms with Gasteiger partial charge in [-0.15, -0.1) is 0 Å². The van der Waals surface area contributed by atoms with Gasteiger partial charge in [-0.1, -0.05) is 32.0 Å². The number of piperazine rings is 1. The Balaban J connectivity index is 1.89. The molecule has 1 atom stereocenters. The van der Waals surface area contributed by atoms with Crippen LogP contribution in [0.2, 0.25) is 0 Å². The van der Waals surface area contributed by atoms with Crippen molar-refractivity contribution in [3.63, 3.8) is 0 Å². The molecule has 2 rings (SSSR count). The van der Waals surface area contributed by atoms with Crippen LogP contribution in [0.3, 0.4) is 0 Å². The fourth-order valence-corrected chi connectivity index (χ4v) is 3.09. The minimum absolute atomic E-state index is 0.0347. The summed E-state index contributed by atoms with van der Waals surface area (Å²) in [5, 5.41) is 0. The molecule has 0 aliphatic carbocycles. The Labute approximate surface area is 156 Å². The summed E-state index contributed by atoms with van der Waals surface area (Å²) >= 11 is 0. The molecule has 26 heavy (non-hydrogen) atoms. The van der Waals surface area contributed by atoms with Gasteiger partial charge in [0.05, 0.1) is 13.0 Å². The minimum atomic E-state index is -0.550. The van der Waals surface area contributed by atoms with Crippen LogP contribution < -0.4 is 4.74 Å². The molecule has 6 heteroatoms. The van der Waals surface area contributed by atoms with Crippen molar-refractivity contribution in [2.45, 2.75) is 39.2 Å². The van der Waals surface area contributed by atoms with Gasteiger partial charge < -0.3 is 19.3 Å². The van der Waals surface area contributed by atoms with Crippen molar-refractivity contribution in [2.24, 2.45) is 0 Å². The second kappa shape index (κ2) is 9.57. The molecule has 2 amide bonds. The third-order valence-electron chi connectivity index (χ3n) is 4.66. The Morgan fingerprint density at radius 2 is 1.65 bits per heavy atom. The fourth-order valence-electron chi connectivity index (χ4n) is 3.09. The number of hydrogen-bond acceptors (Lipinski definition) is 4. The predicted molar refractivity (Wildman–Crippen MR) is 100 cm³/mol. The average Bonchev–Trinajstić information content (AvgIpc) is 2.65. The quantitative estimate of drug-likeness (QED) is 0.747. The topological polar surface area (TPSA) is 59.1 Å². The number of ether oxygens (including phenoxy) is 2. The molecule has 1 heterocycles. The van der Waals surface area contributed by atoms with E-state index in [-0.39, 0.29) is 11.8 Å². The van der Waals surface area contributed by atoms with E-state index in [9.17, 15) is 9.59 Å². The minimum Gasteiger partial charge on any atom is -0.481 e. The van der Waals surface area contributed by atoms with Crippen molar-refractivity contribution in [1.82, 2.24) is 9.80 Å². The van der Waals surface area contributed by atoms with Gasteiger partial charge in [0.25, 0.3) is 5.91 Å². The third kappa shape index (κ3) is 5.21. The molecule has 1 fully saturated rings. The van der Waals surface area contributed by atoms with Crippen LogP contribution in [-0.2, 0) is 14.3 Å². The smallest absolute Gasteiger partial charge is 0.263 e. The first-order chi connectivity index (χ1) is 12.4. The van der Waals surface area contributed by atoms with Crippen LogP contribution in [0.15, 0.2) is 24.3 Å². The zero-order chi connectivity index (χ0) is 19.1. The van der Waals surface area contributed by atoms with Gasteiger partial charge in [-0.25, -0.2) is 0 Å². The van der Waals surface area contributed by atoms with Gasteiger partial charge in [0.2, 0.25) is 5.91 Å². The summed E-state index contributed by atoms with van der Waals surface area (Å²) in [5.74, 6) is 1.13. The average molecular weight is 362 g/mol. The number of hydrogen-bond donors (Lipinski definition) is 0. The molecule has 0 radical (unpaired) electrons. The van der Waals surface area contributed by atoms with Crippen molar-refractivity contribution < 1.29 is 19.1 Å². The monoisotopic (exact) mass is 362 g/mol. The van der Waals surface area contributed by atoms with E-state index in [1.807, 2.05) is 24.3 Å². The molecule has 0 saturated carbocycles. The lowest BCUT2D eigenvalue weighted by atomic mass is 10.0. The lowest BCUT2D eigenvalue weighted by molar-refractivity contribution is -0.144. The van der Waals surface area contributed by atoms with E-state index in [4.69, 9.17) is 9.47 Å². The van der Waals surface area contributed by atoms with E-state index in [0.717, 1.165) is 11.3 Å².